The van der Waals surface area contributed by atoms with Crippen molar-refractivity contribution in [1.29, 1.82) is 0 Å². The zero-order valence-corrected chi connectivity index (χ0v) is 17.4. The third-order valence-electron chi connectivity index (χ3n) is 3.91. The molecule has 0 unspecified atom stereocenters. The second-order valence-corrected chi connectivity index (χ2v) is 9.73. The Balaban J connectivity index is 2.44. The maximum atomic E-state index is 13.6. The first-order valence-electron chi connectivity index (χ1n) is 9.23. The Hall–Kier alpha value is -0.893. The van der Waals surface area contributed by atoms with Crippen LogP contribution in [0.25, 0.3) is 0 Å². The number of halogens is 3. The highest BCUT2D eigenvalue weighted by Crippen LogP contribution is 2.23. The van der Waals surface area contributed by atoms with Crippen LogP contribution < -0.4 is 0 Å². The Morgan fingerprint density at radius 2 is 1.35 bits per heavy atom. The van der Waals surface area contributed by atoms with E-state index in [0.29, 0.717) is 12.5 Å². The zero-order chi connectivity index (χ0) is 19.7. The molecule has 0 heterocycles. The molecule has 1 aromatic carbocycles. The summed E-state index contributed by atoms with van der Waals surface area (Å²) in [5.41, 5.74) is -0.0432. The van der Waals surface area contributed by atoms with E-state index in [0.717, 1.165) is 31.4 Å². The van der Waals surface area contributed by atoms with Gasteiger partial charge in [-0.3, -0.25) is 0 Å². The molecule has 0 bridgehead atoms. The molecule has 0 saturated heterocycles. The first-order valence-corrected chi connectivity index (χ1v) is 11.2. The molecule has 0 aliphatic carbocycles. The fraction of sp³-hybridized carbons (Fsp3) is 0.684. The third-order valence-corrected chi connectivity index (χ3v) is 7.16. The van der Waals surface area contributed by atoms with E-state index in [-0.39, 0.29) is 24.2 Å². The SMILES string of the molecule is CO[Si](CCCCCCc1c(F)cc(F)cc1F)(OC(C)C)OC(C)C. The summed E-state index contributed by atoms with van der Waals surface area (Å²) in [7, 11) is -1.08. The average molecular weight is 393 g/mol. The van der Waals surface area contributed by atoms with Crippen LogP contribution in [0.4, 0.5) is 13.2 Å². The van der Waals surface area contributed by atoms with Gasteiger partial charge in [-0.25, -0.2) is 13.2 Å². The molecule has 0 fully saturated rings. The lowest BCUT2D eigenvalue weighted by Gasteiger charge is -2.31. The van der Waals surface area contributed by atoms with E-state index in [4.69, 9.17) is 13.3 Å². The molecule has 0 radical (unpaired) electrons. The molecule has 3 nitrogen and oxygen atoms in total. The van der Waals surface area contributed by atoms with Crippen molar-refractivity contribution < 1.29 is 26.4 Å². The largest absolute Gasteiger partial charge is 0.501 e. The second kappa shape index (κ2) is 11.1. The van der Waals surface area contributed by atoms with E-state index in [2.05, 4.69) is 0 Å². The summed E-state index contributed by atoms with van der Waals surface area (Å²) in [4.78, 5) is 0. The average Bonchev–Trinajstić information content (AvgIpc) is 2.51. The van der Waals surface area contributed by atoms with Gasteiger partial charge in [-0.2, -0.15) is 0 Å². The van der Waals surface area contributed by atoms with Gasteiger partial charge in [-0.05, 0) is 47.0 Å². The first kappa shape index (κ1) is 23.1. The molecule has 1 rings (SSSR count). The molecule has 150 valence electrons. The smallest absolute Gasteiger partial charge is 0.377 e. The normalized spacial score (nSPS) is 12.4. The topological polar surface area (TPSA) is 27.7 Å². The summed E-state index contributed by atoms with van der Waals surface area (Å²) in [5.74, 6) is -2.52. The van der Waals surface area contributed by atoms with Gasteiger partial charge in [0.05, 0.1) is 0 Å². The standard InChI is InChI=1S/C19H31F3O3Si/c1-14(2)24-26(23-5,25-15(3)4)11-9-7-6-8-10-17-18(21)12-16(20)13-19(17)22/h12-15H,6-11H2,1-5H3. The van der Waals surface area contributed by atoms with Crippen LogP contribution in [0.2, 0.25) is 6.04 Å². The summed E-state index contributed by atoms with van der Waals surface area (Å²) in [6, 6.07) is 2.16. The van der Waals surface area contributed by atoms with E-state index in [9.17, 15) is 13.2 Å². The van der Waals surface area contributed by atoms with E-state index in [1.807, 2.05) is 27.7 Å². The Morgan fingerprint density at radius 3 is 1.81 bits per heavy atom. The minimum absolute atomic E-state index is 0.0183. The lowest BCUT2D eigenvalue weighted by Crippen LogP contribution is -2.48. The van der Waals surface area contributed by atoms with Crippen molar-refractivity contribution in [3.05, 3.63) is 35.1 Å². The highest BCUT2D eigenvalue weighted by atomic mass is 28.4. The molecule has 0 aromatic heterocycles. The first-order chi connectivity index (χ1) is 12.2. The van der Waals surface area contributed by atoms with Crippen LogP contribution >= 0.6 is 0 Å². The number of rotatable bonds is 12. The minimum atomic E-state index is -2.71. The van der Waals surface area contributed by atoms with Crippen molar-refractivity contribution in [2.75, 3.05) is 7.11 Å². The number of benzene rings is 1. The monoisotopic (exact) mass is 392 g/mol. The van der Waals surface area contributed by atoms with Crippen LogP contribution in [-0.2, 0) is 19.7 Å². The molecule has 26 heavy (non-hydrogen) atoms. The Kier molecular flexibility index (Phi) is 9.85. The molecule has 0 aliphatic heterocycles. The second-order valence-electron chi connectivity index (χ2n) is 6.98. The van der Waals surface area contributed by atoms with Gasteiger partial charge in [0, 0.05) is 43.1 Å². The predicted octanol–water partition coefficient (Wildman–Crippen LogP) is 5.64. The van der Waals surface area contributed by atoms with Crippen molar-refractivity contribution in [3.63, 3.8) is 0 Å². The predicted molar refractivity (Wildman–Crippen MR) is 98.5 cm³/mol. The van der Waals surface area contributed by atoms with Crippen LogP contribution in [-0.4, -0.2) is 28.1 Å². The Labute approximate surface area is 156 Å². The van der Waals surface area contributed by atoms with Crippen molar-refractivity contribution in [2.24, 2.45) is 0 Å². The van der Waals surface area contributed by atoms with Gasteiger partial charge in [0.1, 0.15) is 17.5 Å². The van der Waals surface area contributed by atoms with Crippen LogP contribution in [0.5, 0.6) is 0 Å². The molecule has 0 N–H and O–H groups in total. The van der Waals surface area contributed by atoms with Crippen molar-refractivity contribution in [3.8, 4) is 0 Å². The number of hydrogen-bond acceptors (Lipinski definition) is 3. The molecule has 0 saturated carbocycles. The van der Waals surface area contributed by atoms with Crippen LogP contribution in [0.1, 0.15) is 58.9 Å². The fourth-order valence-corrected chi connectivity index (χ4v) is 5.68. The van der Waals surface area contributed by atoms with Gasteiger partial charge >= 0.3 is 8.80 Å². The van der Waals surface area contributed by atoms with E-state index >= 15 is 0 Å². The lowest BCUT2D eigenvalue weighted by molar-refractivity contribution is 0.0323. The maximum absolute atomic E-state index is 13.6. The van der Waals surface area contributed by atoms with Gasteiger partial charge in [0.25, 0.3) is 0 Å². The van der Waals surface area contributed by atoms with Crippen molar-refractivity contribution >= 4 is 8.80 Å². The molecule has 0 amide bonds. The van der Waals surface area contributed by atoms with Crippen LogP contribution in [0, 0.1) is 17.5 Å². The molecule has 0 atom stereocenters. The minimum Gasteiger partial charge on any atom is -0.377 e. The van der Waals surface area contributed by atoms with Gasteiger partial charge < -0.3 is 13.3 Å². The summed E-state index contributed by atoms with van der Waals surface area (Å²) < 4.78 is 57.7. The number of unbranched alkanes of at least 4 members (excludes halogenated alkanes) is 3. The molecule has 0 aliphatic rings. The summed E-state index contributed by atoms with van der Waals surface area (Å²) >= 11 is 0. The summed E-state index contributed by atoms with van der Waals surface area (Å²) in [6.45, 7) is 7.82. The van der Waals surface area contributed by atoms with Crippen LogP contribution in [0.15, 0.2) is 12.1 Å². The zero-order valence-electron chi connectivity index (χ0n) is 16.4. The lowest BCUT2D eigenvalue weighted by atomic mass is 10.1. The van der Waals surface area contributed by atoms with Crippen LogP contribution in [0.3, 0.4) is 0 Å². The van der Waals surface area contributed by atoms with E-state index < -0.39 is 26.3 Å². The molecule has 0 spiro atoms. The van der Waals surface area contributed by atoms with Gasteiger partial charge in [0.15, 0.2) is 0 Å². The molecular formula is C19H31F3O3Si. The Bertz CT molecular complexity index is 520. The summed E-state index contributed by atoms with van der Waals surface area (Å²) in [5, 5.41) is 0. The highest BCUT2D eigenvalue weighted by molar-refractivity contribution is 6.60. The van der Waals surface area contributed by atoms with Crippen molar-refractivity contribution in [2.45, 2.75) is 78.1 Å². The van der Waals surface area contributed by atoms with E-state index in [1.165, 1.54) is 0 Å². The quantitative estimate of drug-likeness (QED) is 0.340. The highest BCUT2D eigenvalue weighted by Gasteiger charge is 2.41. The van der Waals surface area contributed by atoms with Gasteiger partial charge in [-0.1, -0.05) is 12.8 Å². The van der Waals surface area contributed by atoms with Gasteiger partial charge in [-0.15, -0.1) is 0 Å². The van der Waals surface area contributed by atoms with E-state index in [1.54, 1.807) is 7.11 Å². The molecule has 1 aromatic rings. The Morgan fingerprint density at radius 1 is 0.846 bits per heavy atom. The van der Waals surface area contributed by atoms with Gasteiger partial charge in [0.2, 0.25) is 0 Å². The number of hydrogen-bond donors (Lipinski definition) is 0. The maximum Gasteiger partial charge on any atom is 0.501 e. The summed E-state index contributed by atoms with van der Waals surface area (Å²) in [6.07, 6.45) is 3.48. The molecule has 7 heteroatoms. The fourth-order valence-electron chi connectivity index (χ4n) is 2.87. The van der Waals surface area contributed by atoms with Crippen molar-refractivity contribution in [1.82, 2.24) is 0 Å². The molecular weight excluding hydrogens is 361 g/mol. The third kappa shape index (κ3) is 7.78.